The zero-order valence-electron chi connectivity index (χ0n) is 9.16. The maximum absolute atomic E-state index is 11.0. The average Bonchev–Trinajstić information content (AvgIpc) is 2.02. The van der Waals surface area contributed by atoms with Crippen LogP contribution in [0.25, 0.3) is 0 Å². The van der Waals surface area contributed by atoms with Gasteiger partial charge in [0, 0.05) is 0 Å². The molecule has 0 spiro atoms. The lowest BCUT2D eigenvalue weighted by Gasteiger charge is -2.39. The van der Waals surface area contributed by atoms with Crippen molar-refractivity contribution in [3.05, 3.63) is 0 Å². The Kier molecular flexibility index (Phi) is 3.20. The second-order valence-electron chi connectivity index (χ2n) is 5.08. The number of hydrogen-bond donors (Lipinski definition) is 2. The van der Waals surface area contributed by atoms with Crippen LogP contribution in [0.2, 0.25) is 0 Å². The molecule has 1 saturated carbocycles. The third-order valence-corrected chi connectivity index (χ3v) is 3.56. The van der Waals surface area contributed by atoms with Crippen molar-refractivity contribution in [3.8, 4) is 0 Å². The van der Waals surface area contributed by atoms with Crippen LogP contribution < -0.4 is 0 Å². The van der Waals surface area contributed by atoms with Gasteiger partial charge in [0.25, 0.3) is 0 Å². The van der Waals surface area contributed by atoms with Gasteiger partial charge in [-0.05, 0) is 38.0 Å². The number of aliphatic carboxylic acids is 1. The molecule has 0 aromatic rings. The second kappa shape index (κ2) is 3.89. The summed E-state index contributed by atoms with van der Waals surface area (Å²) >= 11 is 0. The Hall–Kier alpha value is -0.570. The fraction of sp³-hybridized carbons (Fsp3) is 0.909. The predicted molar refractivity (Wildman–Crippen MR) is 53.9 cm³/mol. The highest BCUT2D eigenvalue weighted by atomic mass is 16.4. The number of carbonyl (C=O) groups is 1. The summed E-state index contributed by atoms with van der Waals surface area (Å²) in [5.74, 6) is -0.0791. The number of aliphatic hydroxyl groups is 1. The van der Waals surface area contributed by atoms with Gasteiger partial charge < -0.3 is 10.2 Å². The lowest BCUT2D eigenvalue weighted by Crippen LogP contribution is -2.41. The lowest BCUT2D eigenvalue weighted by molar-refractivity contribution is -0.154. The molecule has 3 heteroatoms. The van der Waals surface area contributed by atoms with Crippen molar-refractivity contribution in [3.63, 3.8) is 0 Å². The van der Waals surface area contributed by atoms with Crippen LogP contribution in [-0.2, 0) is 4.79 Å². The molecule has 0 unspecified atom stereocenters. The van der Waals surface area contributed by atoms with E-state index in [1.54, 1.807) is 6.92 Å². The zero-order chi connectivity index (χ0) is 10.9. The topological polar surface area (TPSA) is 57.5 Å². The van der Waals surface area contributed by atoms with E-state index in [0.29, 0.717) is 18.8 Å². The first-order chi connectivity index (χ1) is 6.37. The Balaban J connectivity index is 2.68. The quantitative estimate of drug-likeness (QED) is 0.715. The van der Waals surface area contributed by atoms with Gasteiger partial charge >= 0.3 is 5.97 Å². The van der Waals surface area contributed by atoms with E-state index in [0.717, 1.165) is 6.42 Å². The number of carboxylic acids is 1. The SMILES string of the molecule is CC(C)[C@@H]1CC[C@](C)(C(=O)O)C[C@H]1O. The first kappa shape index (κ1) is 11.5. The summed E-state index contributed by atoms with van der Waals surface area (Å²) in [6, 6.07) is 0. The van der Waals surface area contributed by atoms with Gasteiger partial charge in [-0.1, -0.05) is 13.8 Å². The standard InChI is InChI=1S/C11H20O3/c1-7(2)8-4-5-11(3,10(13)14)6-9(8)12/h7-9,12H,4-6H2,1-3H3,(H,13,14)/t8-,9+,11-/m0/s1. The molecule has 0 bridgehead atoms. The summed E-state index contributed by atoms with van der Waals surface area (Å²) in [6.07, 6.45) is 1.44. The molecule has 3 atom stereocenters. The number of rotatable bonds is 2. The van der Waals surface area contributed by atoms with E-state index in [1.807, 2.05) is 0 Å². The molecule has 0 aromatic heterocycles. The van der Waals surface area contributed by atoms with Crippen LogP contribution in [-0.4, -0.2) is 22.3 Å². The van der Waals surface area contributed by atoms with E-state index in [2.05, 4.69) is 13.8 Å². The zero-order valence-corrected chi connectivity index (χ0v) is 9.16. The van der Waals surface area contributed by atoms with E-state index in [1.165, 1.54) is 0 Å². The van der Waals surface area contributed by atoms with Crippen LogP contribution >= 0.6 is 0 Å². The van der Waals surface area contributed by atoms with Crippen LogP contribution in [0.1, 0.15) is 40.0 Å². The lowest BCUT2D eigenvalue weighted by atomic mass is 9.67. The number of hydrogen-bond acceptors (Lipinski definition) is 2. The van der Waals surface area contributed by atoms with E-state index >= 15 is 0 Å². The molecule has 1 rings (SSSR count). The van der Waals surface area contributed by atoms with Crippen molar-refractivity contribution in [2.75, 3.05) is 0 Å². The molecule has 1 aliphatic rings. The Morgan fingerprint density at radius 1 is 1.50 bits per heavy atom. The van der Waals surface area contributed by atoms with Crippen molar-refractivity contribution in [2.24, 2.45) is 17.3 Å². The molecule has 0 radical (unpaired) electrons. The minimum atomic E-state index is -0.779. The van der Waals surface area contributed by atoms with Gasteiger partial charge in [0.1, 0.15) is 0 Å². The van der Waals surface area contributed by atoms with E-state index in [4.69, 9.17) is 5.11 Å². The summed E-state index contributed by atoms with van der Waals surface area (Å²) in [6.45, 7) is 5.89. The molecule has 0 heterocycles. The van der Waals surface area contributed by atoms with Crippen molar-refractivity contribution in [2.45, 2.75) is 46.1 Å². The Bertz CT molecular complexity index is 225. The van der Waals surface area contributed by atoms with Crippen molar-refractivity contribution >= 4 is 5.97 Å². The molecule has 2 N–H and O–H groups in total. The molecular weight excluding hydrogens is 180 g/mol. The molecule has 82 valence electrons. The van der Waals surface area contributed by atoms with Gasteiger partial charge in [0.05, 0.1) is 11.5 Å². The Morgan fingerprint density at radius 3 is 2.43 bits per heavy atom. The minimum absolute atomic E-state index is 0.266. The average molecular weight is 200 g/mol. The molecule has 3 nitrogen and oxygen atoms in total. The molecule has 0 aromatic carbocycles. The highest BCUT2D eigenvalue weighted by molar-refractivity contribution is 5.74. The number of aliphatic hydroxyl groups excluding tert-OH is 1. The smallest absolute Gasteiger partial charge is 0.309 e. The largest absolute Gasteiger partial charge is 0.481 e. The third kappa shape index (κ3) is 2.08. The summed E-state index contributed by atoms with van der Waals surface area (Å²) in [5, 5.41) is 18.9. The normalized spacial score (nSPS) is 38.6. The van der Waals surface area contributed by atoms with Crippen LogP contribution in [0.15, 0.2) is 0 Å². The van der Waals surface area contributed by atoms with Gasteiger partial charge in [-0.2, -0.15) is 0 Å². The van der Waals surface area contributed by atoms with Gasteiger partial charge in [-0.15, -0.1) is 0 Å². The van der Waals surface area contributed by atoms with Gasteiger partial charge in [-0.3, -0.25) is 4.79 Å². The van der Waals surface area contributed by atoms with E-state index in [-0.39, 0.29) is 5.92 Å². The van der Waals surface area contributed by atoms with Crippen molar-refractivity contribution in [1.82, 2.24) is 0 Å². The van der Waals surface area contributed by atoms with Crippen molar-refractivity contribution in [1.29, 1.82) is 0 Å². The molecule has 0 amide bonds. The highest BCUT2D eigenvalue weighted by Crippen LogP contribution is 2.41. The molecule has 0 aliphatic heterocycles. The van der Waals surface area contributed by atoms with Crippen LogP contribution in [0.3, 0.4) is 0 Å². The summed E-state index contributed by atoms with van der Waals surface area (Å²) < 4.78 is 0. The van der Waals surface area contributed by atoms with Crippen molar-refractivity contribution < 1.29 is 15.0 Å². The van der Waals surface area contributed by atoms with Crippen LogP contribution in [0.5, 0.6) is 0 Å². The molecule has 14 heavy (non-hydrogen) atoms. The van der Waals surface area contributed by atoms with Gasteiger partial charge in [-0.25, -0.2) is 0 Å². The Morgan fingerprint density at radius 2 is 2.07 bits per heavy atom. The monoisotopic (exact) mass is 200 g/mol. The predicted octanol–water partition coefficient (Wildman–Crippen LogP) is 1.89. The molecule has 0 saturated heterocycles. The summed E-state index contributed by atoms with van der Waals surface area (Å²) in [7, 11) is 0. The van der Waals surface area contributed by atoms with Gasteiger partial charge in [0.2, 0.25) is 0 Å². The molecule has 1 fully saturated rings. The van der Waals surface area contributed by atoms with E-state index < -0.39 is 17.5 Å². The first-order valence-electron chi connectivity index (χ1n) is 5.28. The fourth-order valence-corrected chi connectivity index (χ4v) is 2.36. The third-order valence-electron chi connectivity index (χ3n) is 3.56. The van der Waals surface area contributed by atoms with Gasteiger partial charge in [0.15, 0.2) is 0 Å². The van der Waals surface area contributed by atoms with Crippen LogP contribution in [0, 0.1) is 17.3 Å². The second-order valence-corrected chi connectivity index (χ2v) is 5.08. The summed E-state index contributed by atoms with van der Waals surface area (Å²) in [5.41, 5.74) is -0.717. The minimum Gasteiger partial charge on any atom is -0.481 e. The molecular formula is C11H20O3. The number of carboxylic acid groups (broad SMARTS) is 1. The Labute approximate surface area is 85.1 Å². The maximum Gasteiger partial charge on any atom is 0.309 e. The fourth-order valence-electron chi connectivity index (χ4n) is 2.36. The summed E-state index contributed by atoms with van der Waals surface area (Å²) in [4.78, 5) is 11.0. The van der Waals surface area contributed by atoms with E-state index in [9.17, 15) is 9.90 Å². The molecule has 1 aliphatic carbocycles. The maximum atomic E-state index is 11.0. The highest BCUT2D eigenvalue weighted by Gasteiger charge is 2.42. The first-order valence-corrected chi connectivity index (χ1v) is 5.28. The van der Waals surface area contributed by atoms with Crippen LogP contribution in [0.4, 0.5) is 0 Å².